The van der Waals surface area contributed by atoms with Crippen LogP contribution in [-0.4, -0.2) is 122 Å². The summed E-state index contributed by atoms with van der Waals surface area (Å²) in [6, 6.07) is 11.7. The smallest absolute Gasteiger partial charge is 0.329 e. The number of nitrogens with zero attached hydrogens (tertiary/aromatic N) is 9. The highest BCUT2D eigenvalue weighted by Gasteiger charge is 2.34. The first-order valence-electron chi connectivity index (χ1n) is 23.8. The fraction of sp³-hybridized carbons (Fsp3) is 0.440. The molecule has 362 valence electrons. The predicted molar refractivity (Wildman–Crippen MR) is 255 cm³/mol. The topological polar surface area (TPSA) is 155 Å². The zero-order valence-electron chi connectivity index (χ0n) is 39.0. The summed E-state index contributed by atoms with van der Waals surface area (Å²) in [7, 11) is 5.30. The normalized spacial score (nSPS) is 19.2. The van der Waals surface area contributed by atoms with E-state index in [0.29, 0.717) is 94.4 Å². The number of likely N-dealkylation sites (tertiary alicyclic amines) is 2. The second-order valence-corrected chi connectivity index (χ2v) is 19.0. The maximum atomic E-state index is 15.8. The van der Waals surface area contributed by atoms with Crippen LogP contribution in [-0.2, 0) is 30.2 Å². The molecule has 4 aliphatic heterocycles. The first kappa shape index (κ1) is 46.0. The lowest BCUT2D eigenvalue weighted by molar-refractivity contribution is -0.135. The van der Waals surface area contributed by atoms with Crippen molar-refractivity contribution in [3.63, 3.8) is 0 Å². The van der Waals surface area contributed by atoms with E-state index < -0.39 is 41.0 Å². The highest BCUT2D eigenvalue weighted by atomic mass is 19.1. The summed E-state index contributed by atoms with van der Waals surface area (Å²) < 4.78 is 53.7. The first-order chi connectivity index (χ1) is 33.3. The fourth-order valence-electron chi connectivity index (χ4n) is 11.0. The quantitative estimate of drug-likeness (QED) is 0.182. The molecule has 2 N–H and O–H groups in total. The molecule has 4 aromatic heterocycles. The molecule has 4 saturated heterocycles. The Balaban J connectivity index is 0.709. The lowest BCUT2D eigenvalue weighted by Crippen LogP contribution is -2.49. The van der Waals surface area contributed by atoms with Crippen LogP contribution in [0.1, 0.15) is 72.1 Å². The van der Waals surface area contributed by atoms with Crippen molar-refractivity contribution in [3.8, 4) is 5.69 Å². The zero-order chi connectivity index (χ0) is 48.2. The molecule has 0 spiro atoms. The van der Waals surface area contributed by atoms with Crippen molar-refractivity contribution in [1.29, 1.82) is 0 Å². The number of benzene rings is 2. The minimum Gasteiger partial charge on any atom is -0.388 e. The molecule has 3 amide bonds. The summed E-state index contributed by atoms with van der Waals surface area (Å²) >= 11 is 0. The molecule has 2 aromatic carbocycles. The third-order valence-electron chi connectivity index (χ3n) is 15.0. The lowest BCUT2D eigenvalue weighted by atomic mass is 9.87. The summed E-state index contributed by atoms with van der Waals surface area (Å²) in [4.78, 5) is 77.0. The molecule has 69 heavy (non-hydrogen) atoms. The second-order valence-electron chi connectivity index (χ2n) is 19.0. The molecule has 16 nitrogen and oxygen atoms in total. The van der Waals surface area contributed by atoms with Gasteiger partial charge in [0.2, 0.25) is 11.8 Å². The molecule has 4 aliphatic rings. The zero-order valence-corrected chi connectivity index (χ0v) is 39.0. The van der Waals surface area contributed by atoms with Crippen LogP contribution in [0.5, 0.6) is 0 Å². The third kappa shape index (κ3) is 8.70. The number of hydrogen-bond donors (Lipinski definition) is 2. The number of imidazole rings is 1. The van der Waals surface area contributed by atoms with Crippen LogP contribution in [0.2, 0.25) is 0 Å². The number of amides is 3. The van der Waals surface area contributed by atoms with Crippen LogP contribution in [0.4, 0.5) is 24.5 Å². The Morgan fingerprint density at radius 2 is 1.49 bits per heavy atom. The van der Waals surface area contributed by atoms with Gasteiger partial charge in [-0.05, 0) is 93.4 Å². The number of piperazine rings is 1. The number of carbonyl (C=O) groups excluding carboxylic acids is 3. The first-order valence-corrected chi connectivity index (χ1v) is 23.8. The maximum Gasteiger partial charge on any atom is 0.329 e. The highest BCUT2D eigenvalue weighted by molar-refractivity contribution is 6.00. The van der Waals surface area contributed by atoms with E-state index in [1.54, 1.807) is 48.1 Å². The molecule has 0 radical (unpaired) electrons. The van der Waals surface area contributed by atoms with Gasteiger partial charge in [0.1, 0.15) is 29.1 Å². The molecular formula is C50H56F3N11O5. The van der Waals surface area contributed by atoms with Gasteiger partial charge in [-0.2, -0.15) is 0 Å². The van der Waals surface area contributed by atoms with Crippen molar-refractivity contribution in [1.82, 2.24) is 43.3 Å². The van der Waals surface area contributed by atoms with Crippen LogP contribution in [0, 0.1) is 23.4 Å². The van der Waals surface area contributed by atoms with Gasteiger partial charge < -0.3 is 19.7 Å². The lowest BCUT2D eigenvalue weighted by Gasteiger charge is -2.39. The van der Waals surface area contributed by atoms with E-state index in [4.69, 9.17) is 0 Å². The minimum atomic E-state index is -0.898. The molecule has 1 unspecified atom stereocenters. The SMILES string of the molecule is CNc1ccn(-c2ccnc3c2cc(CN2CCC(c4c(F)cc(C(=O)N5CCC(CN6CCN(c7cc8c(cc7F)n(C7CCC(=O)NC7=O)c(=O)n8C)CC6)CC5)cc4F)CC2)n3C)c(=O)c1. The van der Waals surface area contributed by atoms with E-state index in [9.17, 15) is 24.0 Å². The van der Waals surface area contributed by atoms with Crippen molar-refractivity contribution < 1.29 is 27.6 Å². The van der Waals surface area contributed by atoms with Gasteiger partial charge in [0, 0.05) is 132 Å². The molecule has 10 rings (SSSR count). The minimum absolute atomic E-state index is 0.0165. The molecule has 0 bridgehead atoms. The van der Waals surface area contributed by atoms with E-state index in [-0.39, 0.29) is 41.4 Å². The number of fused-ring (bicyclic) bond motifs is 2. The van der Waals surface area contributed by atoms with Gasteiger partial charge in [0.25, 0.3) is 11.5 Å². The average molecular weight is 948 g/mol. The number of anilines is 2. The maximum absolute atomic E-state index is 15.8. The number of nitrogens with one attached hydrogen (secondary N) is 2. The Labute approximate surface area is 395 Å². The standard InChI is InChI=1S/C50H56F3N11O5/c1-54-33-11-17-63(45(66)24-33)39-6-12-55-47-35(39)25-34(57(47)2)29-59-13-9-31(10-14-59)46-37(52)22-32(23-38(46)53)49(68)62-15-7-30(8-16-62)28-60-18-20-61(21-19-60)41-27-42-43(26-36(41)51)64(50(69)58(42)3)40-4-5-44(65)56-48(40)67/h6,11-12,17,22-27,30-31,40,54H,4-5,7-10,13-16,18-21,28-29H2,1-3H3,(H,56,65,67). The Kier molecular flexibility index (Phi) is 12.4. The van der Waals surface area contributed by atoms with Gasteiger partial charge in [-0.3, -0.25) is 48.0 Å². The molecule has 1 atom stereocenters. The van der Waals surface area contributed by atoms with Crippen molar-refractivity contribution in [2.24, 2.45) is 20.0 Å². The Morgan fingerprint density at radius 1 is 0.768 bits per heavy atom. The molecule has 6 aromatic rings. The third-order valence-corrected chi connectivity index (χ3v) is 15.0. The van der Waals surface area contributed by atoms with Gasteiger partial charge in [0.15, 0.2) is 0 Å². The molecule has 19 heteroatoms. The van der Waals surface area contributed by atoms with Crippen LogP contribution in [0.3, 0.4) is 0 Å². The number of rotatable bonds is 10. The number of aryl methyl sites for hydroxylation is 2. The van der Waals surface area contributed by atoms with Crippen molar-refractivity contribution in [3.05, 3.63) is 116 Å². The van der Waals surface area contributed by atoms with Gasteiger partial charge >= 0.3 is 5.69 Å². The number of imide groups is 1. The molecular weight excluding hydrogens is 892 g/mol. The summed E-state index contributed by atoms with van der Waals surface area (Å²) in [6.45, 7) is 6.15. The van der Waals surface area contributed by atoms with Gasteiger partial charge in [-0.15, -0.1) is 0 Å². The Bertz CT molecular complexity index is 3090. The van der Waals surface area contributed by atoms with Gasteiger partial charge in [0.05, 0.1) is 22.4 Å². The number of aromatic nitrogens is 5. The van der Waals surface area contributed by atoms with Crippen LogP contribution < -0.4 is 26.8 Å². The molecule has 4 fully saturated rings. The number of hydrogen-bond acceptors (Lipinski definition) is 10. The molecule has 8 heterocycles. The predicted octanol–water partition coefficient (Wildman–Crippen LogP) is 4.87. The number of piperidine rings is 3. The van der Waals surface area contributed by atoms with Crippen LogP contribution in [0.25, 0.3) is 27.8 Å². The van der Waals surface area contributed by atoms with E-state index in [1.807, 2.05) is 28.6 Å². The van der Waals surface area contributed by atoms with E-state index in [2.05, 4.69) is 31.5 Å². The number of pyridine rings is 2. The number of halogens is 3. The van der Waals surface area contributed by atoms with Crippen LogP contribution >= 0.6 is 0 Å². The Morgan fingerprint density at radius 3 is 2.17 bits per heavy atom. The van der Waals surface area contributed by atoms with Crippen molar-refractivity contribution in [2.45, 2.75) is 57.0 Å². The highest BCUT2D eigenvalue weighted by Crippen LogP contribution is 2.35. The average Bonchev–Trinajstić information content (AvgIpc) is 3.78. The Hall–Kier alpha value is -6.73. The van der Waals surface area contributed by atoms with Gasteiger partial charge in [-0.25, -0.2) is 22.9 Å². The largest absolute Gasteiger partial charge is 0.388 e. The summed E-state index contributed by atoms with van der Waals surface area (Å²) in [5.41, 5.74) is 3.86. The summed E-state index contributed by atoms with van der Waals surface area (Å²) in [5.74, 6) is -3.22. The monoisotopic (exact) mass is 947 g/mol. The van der Waals surface area contributed by atoms with Crippen molar-refractivity contribution >= 4 is 51.2 Å². The van der Waals surface area contributed by atoms with Gasteiger partial charge in [-0.1, -0.05) is 0 Å². The summed E-state index contributed by atoms with van der Waals surface area (Å²) in [6.07, 6.45) is 6.31. The van der Waals surface area contributed by atoms with E-state index >= 15 is 13.2 Å². The molecule has 0 aliphatic carbocycles. The van der Waals surface area contributed by atoms with Crippen LogP contribution in [0.15, 0.2) is 70.5 Å². The van der Waals surface area contributed by atoms with Crippen molar-refractivity contribution in [2.75, 3.05) is 76.2 Å². The van der Waals surface area contributed by atoms with E-state index in [1.165, 1.54) is 27.3 Å². The van der Waals surface area contributed by atoms with E-state index in [0.717, 1.165) is 47.5 Å². The molecule has 0 saturated carbocycles. The summed E-state index contributed by atoms with van der Waals surface area (Å²) in [5, 5.41) is 6.12. The fourth-order valence-corrected chi connectivity index (χ4v) is 11.0. The second kappa shape index (κ2) is 18.6. The number of carbonyl (C=O) groups is 3.